The number of nitrogens with zero attached hydrogens (tertiary/aromatic N) is 2. The predicted octanol–water partition coefficient (Wildman–Crippen LogP) is 3.18. The van der Waals surface area contributed by atoms with Crippen LogP contribution < -0.4 is 5.32 Å². The molecule has 0 saturated heterocycles. The van der Waals surface area contributed by atoms with Gasteiger partial charge in [0.05, 0.1) is 12.8 Å². The highest BCUT2D eigenvalue weighted by Gasteiger charge is 2.23. The lowest BCUT2D eigenvalue weighted by Crippen LogP contribution is -2.22. The molecule has 3 aromatic rings. The average molecular weight is 411 g/mol. The number of rotatable bonds is 7. The summed E-state index contributed by atoms with van der Waals surface area (Å²) in [6.45, 7) is 1.37. The maximum absolute atomic E-state index is 12.5. The monoisotopic (exact) mass is 411 g/mol. The molecule has 0 bridgehead atoms. The lowest BCUT2D eigenvalue weighted by Gasteiger charge is -2.09. The molecule has 29 heavy (non-hydrogen) atoms. The number of anilines is 1. The van der Waals surface area contributed by atoms with Crippen molar-refractivity contribution in [1.29, 1.82) is 0 Å². The highest BCUT2D eigenvalue weighted by atomic mass is 32.1. The van der Waals surface area contributed by atoms with Crippen molar-refractivity contribution < 1.29 is 23.9 Å². The Morgan fingerprint density at radius 2 is 1.86 bits per heavy atom. The van der Waals surface area contributed by atoms with E-state index in [9.17, 15) is 14.4 Å². The number of amides is 1. The van der Waals surface area contributed by atoms with Crippen molar-refractivity contribution in [3.05, 3.63) is 65.6 Å². The van der Waals surface area contributed by atoms with E-state index in [0.29, 0.717) is 10.6 Å². The second-order valence-corrected chi connectivity index (χ2v) is 6.53. The Kier molecular flexibility index (Phi) is 6.64. The number of ether oxygens (including phenoxy) is 2. The molecule has 0 atom stereocenters. The summed E-state index contributed by atoms with van der Waals surface area (Å²) in [5.41, 5.74) is 1.73. The zero-order valence-electron chi connectivity index (χ0n) is 15.5. The van der Waals surface area contributed by atoms with Gasteiger partial charge >= 0.3 is 11.9 Å². The number of esters is 2. The summed E-state index contributed by atoms with van der Waals surface area (Å²) < 4.78 is 10.1. The molecule has 0 spiro atoms. The van der Waals surface area contributed by atoms with Crippen LogP contribution in [-0.4, -0.2) is 41.0 Å². The minimum atomic E-state index is -0.768. The van der Waals surface area contributed by atoms with E-state index >= 15 is 0 Å². The molecule has 148 valence electrons. The normalized spacial score (nSPS) is 10.2. The number of thiophene rings is 1. The van der Waals surface area contributed by atoms with E-state index in [4.69, 9.17) is 9.47 Å². The SMILES string of the molecule is CCOC(=O)c1c(-c2ccccc2)csc1NC(=O)COC(=O)c1cnccn1. The Labute approximate surface area is 170 Å². The number of hydrogen-bond acceptors (Lipinski definition) is 8. The number of aromatic nitrogens is 2. The van der Waals surface area contributed by atoms with Gasteiger partial charge in [0.2, 0.25) is 0 Å². The first-order chi connectivity index (χ1) is 14.1. The molecular weight excluding hydrogens is 394 g/mol. The van der Waals surface area contributed by atoms with Gasteiger partial charge in [-0.3, -0.25) is 9.78 Å². The van der Waals surface area contributed by atoms with E-state index in [1.165, 1.54) is 29.9 Å². The fraction of sp³-hybridized carbons (Fsp3) is 0.150. The number of carbonyl (C=O) groups is 3. The fourth-order valence-electron chi connectivity index (χ4n) is 2.46. The number of benzene rings is 1. The van der Waals surface area contributed by atoms with Crippen LogP contribution in [0.3, 0.4) is 0 Å². The molecule has 0 aliphatic heterocycles. The van der Waals surface area contributed by atoms with Gasteiger partial charge in [-0.05, 0) is 12.5 Å². The van der Waals surface area contributed by atoms with Gasteiger partial charge in [-0.25, -0.2) is 14.6 Å². The first kappa shape index (κ1) is 20.2. The molecule has 2 heterocycles. The summed E-state index contributed by atoms with van der Waals surface area (Å²) in [7, 11) is 0. The van der Waals surface area contributed by atoms with Gasteiger partial charge in [-0.2, -0.15) is 0 Å². The fourth-order valence-corrected chi connectivity index (χ4v) is 3.43. The Bertz CT molecular complexity index is 1010. The van der Waals surface area contributed by atoms with E-state index in [1.807, 2.05) is 30.3 Å². The lowest BCUT2D eigenvalue weighted by atomic mass is 10.0. The van der Waals surface area contributed by atoms with E-state index in [2.05, 4.69) is 15.3 Å². The molecule has 8 nitrogen and oxygen atoms in total. The van der Waals surface area contributed by atoms with Crippen molar-refractivity contribution >= 4 is 34.2 Å². The topological polar surface area (TPSA) is 107 Å². The van der Waals surface area contributed by atoms with Crippen LogP contribution in [0.1, 0.15) is 27.8 Å². The number of carbonyl (C=O) groups excluding carboxylic acids is 3. The summed E-state index contributed by atoms with van der Waals surface area (Å²) >= 11 is 1.19. The Hall–Kier alpha value is -3.59. The van der Waals surface area contributed by atoms with Gasteiger partial charge in [-0.1, -0.05) is 30.3 Å². The van der Waals surface area contributed by atoms with Crippen LogP contribution in [0.5, 0.6) is 0 Å². The van der Waals surface area contributed by atoms with Gasteiger partial charge in [0.1, 0.15) is 10.6 Å². The third-order valence-electron chi connectivity index (χ3n) is 3.71. The van der Waals surface area contributed by atoms with Crippen molar-refractivity contribution in [3.63, 3.8) is 0 Å². The van der Waals surface area contributed by atoms with Crippen molar-refractivity contribution in [3.8, 4) is 11.1 Å². The van der Waals surface area contributed by atoms with Crippen molar-refractivity contribution in [2.75, 3.05) is 18.5 Å². The lowest BCUT2D eigenvalue weighted by molar-refractivity contribution is -0.119. The van der Waals surface area contributed by atoms with Crippen LogP contribution >= 0.6 is 11.3 Å². The quantitative estimate of drug-likeness (QED) is 0.595. The highest BCUT2D eigenvalue weighted by molar-refractivity contribution is 7.15. The van der Waals surface area contributed by atoms with E-state index in [-0.39, 0.29) is 17.9 Å². The summed E-state index contributed by atoms with van der Waals surface area (Å²) in [5, 5.41) is 4.70. The van der Waals surface area contributed by atoms with Crippen molar-refractivity contribution in [2.24, 2.45) is 0 Å². The summed E-state index contributed by atoms with van der Waals surface area (Å²) in [4.78, 5) is 44.2. The molecular formula is C20H17N3O5S. The van der Waals surface area contributed by atoms with Gasteiger partial charge in [-0.15, -0.1) is 11.3 Å². The summed E-state index contributed by atoms with van der Waals surface area (Å²) in [5.74, 6) is -1.90. The molecule has 0 radical (unpaired) electrons. The molecule has 1 aromatic carbocycles. The smallest absolute Gasteiger partial charge is 0.359 e. The van der Waals surface area contributed by atoms with Crippen molar-refractivity contribution in [1.82, 2.24) is 9.97 Å². The van der Waals surface area contributed by atoms with E-state index in [0.717, 1.165) is 5.56 Å². The average Bonchev–Trinajstić information content (AvgIpc) is 3.17. The largest absolute Gasteiger partial charge is 0.462 e. The highest BCUT2D eigenvalue weighted by Crippen LogP contribution is 2.36. The van der Waals surface area contributed by atoms with Crippen LogP contribution in [0.15, 0.2) is 54.3 Å². The molecule has 0 aliphatic rings. The molecule has 3 rings (SSSR count). The number of nitrogens with one attached hydrogen (secondary N) is 1. The Morgan fingerprint density at radius 1 is 1.07 bits per heavy atom. The second-order valence-electron chi connectivity index (χ2n) is 5.65. The Morgan fingerprint density at radius 3 is 2.55 bits per heavy atom. The van der Waals surface area contributed by atoms with Gasteiger partial charge in [0.15, 0.2) is 12.3 Å². The number of hydrogen-bond donors (Lipinski definition) is 1. The third kappa shape index (κ3) is 5.02. The van der Waals surface area contributed by atoms with Gasteiger partial charge < -0.3 is 14.8 Å². The van der Waals surface area contributed by atoms with E-state index < -0.39 is 24.5 Å². The second kappa shape index (κ2) is 9.56. The molecule has 0 fully saturated rings. The molecule has 9 heteroatoms. The minimum Gasteiger partial charge on any atom is -0.462 e. The maximum Gasteiger partial charge on any atom is 0.359 e. The molecule has 1 N–H and O–H groups in total. The van der Waals surface area contributed by atoms with Crippen LogP contribution in [0.25, 0.3) is 11.1 Å². The molecule has 0 aliphatic carbocycles. The third-order valence-corrected chi connectivity index (χ3v) is 4.61. The van der Waals surface area contributed by atoms with Gasteiger partial charge in [0.25, 0.3) is 5.91 Å². The van der Waals surface area contributed by atoms with Gasteiger partial charge in [0, 0.05) is 23.3 Å². The van der Waals surface area contributed by atoms with Crippen LogP contribution in [0.2, 0.25) is 0 Å². The molecule has 1 amide bonds. The van der Waals surface area contributed by atoms with E-state index in [1.54, 1.807) is 12.3 Å². The van der Waals surface area contributed by atoms with Crippen LogP contribution in [0.4, 0.5) is 5.00 Å². The molecule has 0 saturated carbocycles. The Balaban J connectivity index is 1.74. The molecule has 2 aromatic heterocycles. The zero-order valence-corrected chi connectivity index (χ0v) is 16.3. The summed E-state index contributed by atoms with van der Waals surface area (Å²) in [6, 6.07) is 9.30. The molecule has 0 unspecified atom stereocenters. The summed E-state index contributed by atoms with van der Waals surface area (Å²) in [6.07, 6.45) is 4.01. The maximum atomic E-state index is 12.5. The standard InChI is InChI=1S/C20H17N3O5S/c1-2-27-20(26)17-14(13-6-4-3-5-7-13)12-29-18(17)23-16(24)11-28-19(25)15-10-21-8-9-22-15/h3-10,12H,2,11H2,1H3,(H,23,24). The zero-order chi connectivity index (χ0) is 20.6. The van der Waals surface area contributed by atoms with Crippen LogP contribution in [0, 0.1) is 0 Å². The predicted molar refractivity (Wildman–Crippen MR) is 107 cm³/mol. The first-order valence-corrected chi connectivity index (χ1v) is 9.55. The first-order valence-electron chi connectivity index (χ1n) is 8.67. The van der Waals surface area contributed by atoms with Crippen molar-refractivity contribution in [2.45, 2.75) is 6.92 Å². The minimum absolute atomic E-state index is 0.00463. The van der Waals surface area contributed by atoms with Crippen LogP contribution in [-0.2, 0) is 14.3 Å².